The van der Waals surface area contributed by atoms with Crippen LogP contribution in [0.1, 0.15) is 35.4 Å². The highest BCUT2D eigenvalue weighted by Gasteiger charge is 2.34. The normalized spacial score (nSPS) is 11.6. The third kappa shape index (κ3) is 5.18. The summed E-state index contributed by atoms with van der Waals surface area (Å²) in [5, 5.41) is 0. The van der Waals surface area contributed by atoms with Crippen molar-refractivity contribution in [1.29, 1.82) is 0 Å². The molecule has 0 aliphatic rings. The number of hydrogen-bond donors (Lipinski definition) is 0. The van der Waals surface area contributed by atoms with E-state index in [1.807, 2.05) is 79.7 Å². The van der Waals surface area contributed by atoms with Crippen LogP contribution in [0.15, 0.2) is 72.8 Å². The predicted octanol–water partition coefficient (Wildman–Crippen LogP) is 5.19. The van der Waals surface area contributed by atoms with Gasteiger partial charge in [0.05, 0.1) is 33.9 Å². The molecule has 0 bridgehead atoms. The van der Waals surface area contributed by atoms with Crippen molar-refractivity contribution in [1.82, 2.24) is 0 Å². The fourth-order valence-electron chi connectivity index (χ4n) is 3.71. The van der Waals surface area contributed by atoms with E-state index in [9.17, 15) is 4.79 Å². The molecule has 0 amide bonds. The fraction of sp³-hybridized carbons (Fsp3) is 0.269. The van der Waals surface area contributed by atoms with Gasteiger partial charge in [0.2, 0.25) is 0 Å². The molecule has 0 aromatic heterocycles. The highest BCUT2D eigenvalue weighted by Crippen LogP contribution is 2.41. The van der Waals surface area contributed by atoms with Gasteiger partial charge >= 0.3 is 5.97 Å². The number of hydrogen-bond acceptors (Lipinski definition) is 5. The molecule has 5 heteroatoms. The van der Waals surface area contributed by atoms with Crippen LogP contribution in [0.25, 0.3) is 0 Å². The zero-order chi connectivity index (χ0) is 22.2. The standard InChI is InChI=1S/C26H28O5/c1-5-31-26(27)25(20-10-16-23(30-4)17-11-20)24(18-6-12-21(28-2)13-7-18)19-8-14-22(29-3)15-9-19/h6-17,24-25H,5H2,1-4H3. The third-order valence-corrected chi connectivity index (χ3v) is 5.30. The van der Waals surface area contributed by atoms with E-state index in [1.165, 1.54) is 0 Å². The van der Waals surface area contributed by atoms with E-state index in [4.69, 9.17) is 18.9 Å². The Morgan fingerprint density at radius 2 is 1.00 bits per heavy atom. The minimum Gasteiger partial charge on any atom is -0.497 e. The summed E-state index contributed by atoms with van der Waals surface area (Å²) in [5.74, 6) is 1.18. The largest absolute Gasteiger partial charge is 0.497 e. The Kier molecular flexibility index (Phi) is 7.55. The number of rotatable bonds is 9. The second-order valence-corrected chi connectivity index (χ2v) is 7.03. The van der Waals surface area contributed by atoms with Gasteiger partial charge in [-0.3, -0.25) is 4.79 Å². The molecule has 0 spiro atoms. The molecule has 3 rings (SSSR count). The number of benzene rings is 3. The van der Waals surface area contributed by atoms with E-state index >= 15 is 0 Å². The number of ether oxygens (including phenoxy) is 4. The summed E-state index contributed by atoms with van der Waals surface area (Å²) < 4.78 is 21.4. The molecule has 31 heavy (non-hydrogen) atoms. The SMILES string of the molecule is CCOC(=O)C(c1ccc(OC)cc1)C(c1ccc(OC)cc1)c1ccc(OC)cc1. The molecule has 162 valence electrons. The van der Waals surface area contributed by atoms with Crippen LogP contribution >= 0.6 is 0 Å². The van der Waals surface area contributed by atoms with Crippen LogP contribution in [0.4, 0.5) is 0 Å². The second-order valence-electron chi connectivity index (χ2n) is 7.03. The van der Waals surface area contributed by atoms with Gasteiger partial charge < -0.3 is 18.9 Å². The zero-order valence-electron chi connectivity index (χ0n) is 18.3. The molecular formula is C26H28O5. The van der Waals surface area contributed by atoms with Gasteiger partial charge in [-0.1, -0.05) is 36.4 Å². The molecular weight excluding hydrogens is 392 g/mol. The zero-order valence-corrected chi connectivity index (χ0v) is 18.3. The summed E-state index contributed by atoms with van der Waals surface area (Å²) in [5.41, 5.74) is 2.83. The summed E-state index contributed by atoms with van der Waals surface area (Å²) in [4.78, 5) is 13.2. The highest BCUT2D eigenvalue weighted by molar-refractivity contribution is 5.80. The molecule has 0 saturated carbocycles. The Bertz CT molecular complexity index is 915. The molecule has 1 unspecified atom stereocenters. The summed E-state index contributed by atoms with van der Waals surface area (Å²) in [6.45, 7) is 2.13. The van der Waals surface area contributed by atoms with E-state index in [-0.39, 0.29) is 11.9 Å². The van der Waals surface area contributed by atoms with E-state index in [2.05, 4.69) is 0 Å². The molecule has 0 aliphatic carbocycles. The van der Waals surface area contributed by atoms with Crippen molar-refractivity contribution >= 4 is 5.97 Å². The predicted molar refractivity (Wildman–Crippen MR) is 120 cm³/mol. The first kappa shape index (κ1) is 22.2. The Balaban J connectivity index is 2.15. The Hall–Kier alpha value is -3.47. The number of esters is 1. The minimum atomic E-state index is -0.535. The van der Waals surface area contributed by atoms with Crippen LogP contribution in [-0.4, -0.2) is 33.9 Å². The molecule has 0 fully saturated rings. The van der Waals surface area contributed by atoms with Crippen molar-refractivity contribution in [2.24, 2.45) is 0 Å². The quantitative estimate of drug-likeness (QED) is 0.446. The molecule has 0 radical (unpaired) electrons. The van der Waals surface area contributed by atoms with Gasteiger partial charge in [-0.15, -0.1) is 0 Å². The van der Waals surface area contributed by atoms with Crippen LogP contribution < -0.4 is 14.2 Å². The number of carbonyl (C=O) groups is 1. The Morgan fingerprint density at radius 1 is 0.645 bits per heavy atom. The Labute approximate surface area is 183 Å². The average molecular weight is 421 g/mol. The second kappa shape index (κ2) is 10.5. The van der Waals surface area contributed by atoms with Crippen LogP contribution in [0.5, 0.6) is 17.2 Å². The monoisotopic (exact) mass is 420 g/mol. The summed E-state index contributed by atoms with van der Waals surface area (Å²) in [6.07, 6.45) is 0. The molecule has 0 aliphatic heterocycles. The maximum atomic E-state index is 13.2. The fourth-order valence-corrected chi connectivity index (χ4v) is 3.71. The first-order valence-electron chi connectivity index (χ1n) is 10.2. The summed E-state index contributed by atoms with van der Waals surface area (Å²) in [6, 6.07) is 23.1. The van der Waals surface area contributed by atoms with Gasteiger partial charge in [-0.2, -0.15) is 0 Å². The first-order chi connectivity index (χ1) is 15.1. The average Bonchev–Trinajstić information content (AvgIpc) is 2.83. The minimum absolute atomic E-state index is 0.260. The molecule has 0 saturated heterocycles. The van der Waals surface area contributed by atoms with Crippen molar-refractivity contribution in [3.05, 3.63) is 89.5 Å². The van der Waals surface area contributed by atoms with Gasteiger partial charge in [0.1, 0.15) is 17.2 Å². The Morgan fingerprint density at radius 3 is 1.32 bits per heavy atom. The van der Waals surface area contributed by atoms with Crippen molar-refractivity contribution in [2.45, 2.75) is 18.8 Å². The van der Waals surface area contributed by atoms with Crippen molar-refractivity contribution in [3.63, 3.8) is 0 Å². The lowest BCUT2D eigenvalue weighted by Crippen LogP contribution is -2.24. The molecule has 3 aromatic carbocycles. The van der Waals surface area contributed by atoms with Crippen molar-refractivity contribution in [3.8, 4) is 17.2 Å². The van der Waals surface area contributed by atoms with Crippen LogP contribution in [0.3, 0.4) is 0 Å². The lowest BCUT2D eigenvalue weighted by molar-refractivity contribution is -0.145. The number of methoxy groups -OCH3 is 3. The lowest BCUT2D eigenvalue weighted by Gasteiger charge is -2.27. The summed E-state index contributed by atoms with van der Waals surface area (Å²) in [7, 11) is 4.89. The maximum Gasteiger partial charge on any atom is 0.314 e. The highest BCUT2D eigenvalue weighted by atomic mass is 16.5. The number of carbonyl (C=O) groups excluding carboxylic acids is 1. The summed E-state index contributed by atoms with van der Waals surface area (Å²) >= 11 is 0. The van der Waals surface area contributed by atoms with Crippen LogP contribution in [0.2, 0.25) is 0 Å². The van der Waals surface area contributed by atoms with Gasteiger partial charge in [0.25, 0.3) is 0 Å². The van der Waals surface area contributed by atoms with E-state index in [0.29, 0.717) is 6.61 Å². The van der Waals surface area contributed by atoms with Crippen LogP contribution in [-0.2, 0) is 9.53 Å². The molecule has 3 aromatic rings. The molecule has 1 atom stereocenters. The smallest absolute Gasteiger partial charge is 0.314 e. The van der Waals surface area contributed by atoms with Crippen molar-refractivity contribution in [2.75, 3.05) is 27.9 Å². The van der Waals surface area contributed by atoms with Crippen LogP contribution in [0, 0.1) is 0 Å². The van der Waals surface area contributed by atoms with Crippen molar-refractivity contribution < 1.29 is 23.7 Å². The van der Waals surface area contributed by atoms with E-state index in [0.717, 1.165) is 33.9 Å². The third-order valence-electron chi connectivity index (χ3n) is 5.30. The van der Waals surface area contributed by atoms with Gasteiger partial charge in [-0.05, 0) is 60.0 Å². The first-order valence-corrected chi connectivity index (χ1v) is 10.2. The topological polar surface area (TPSA) is 54.0 Å². The molecule has 0 heterocycles. The lowest BCUT2D eigenvalue weighted by atomic mass is 9.77. The van der Waals surface area contributed by atoms with E-state index < -0.39 is 5.92 Å². The van der Waals surface area contributed by atoms with E-state index in [1.54, 1.807) is 21.3 Å². The van der Waals surface area contributed by atoms with Gasteiger partial charge in [-0.25, -0.2) is 0 Å². The van der Waals surface area contributed by atoms with Gasteiger partial charge in [0, 0.05) is 5.92 Å². The maximum absolute atomic E-state index is 13.2. The van der Waals surface area contributed by atoms with Gasteiger partial charge in [0.15, 0.2) is 0 Å². The molecule has 5 nitrogen and oxygen atoms in total. The molecule has 0 N–H and O–H groups in total.